The molecule has 218 valence electrons. The lowest BCUT2D eigenvalue weighted by Crippen LogP contribution is -2.47. The third-order valence-corrected chi connectivity index (χ3v) is 10.5. The van der Waals surface area contributed by atoms with Gasteiger partial charge in [0.05, 0.1) is 36.6 Å². The van der Waals surface area contributed by atoms with Crippen molar-refractivity contribution in [2.75, 3.05) is 70.2 Å². The second-order valence-electron chi connectivity index (χ2n) is 11.0. The highest BCUT2D eigenvalue weighted by Crippen LogP contribution is 2.37. The van der Waals surface area contributed by atoms with Gasteiger partial charge in [-0.1, -0.05) is 12.1 Å². The van der Waals surface area contributed by atoms with Crippen molar-refractivity contribution in [3.05, 3.63) is 35.3 Å². The number of piperazine rings is 1. The van der Waals surface area contributed by atoms with Crippen LogP contribution in [0.4, 0.5) is 5.82 Å². The Kier molecular flexibility index (Phi) is 7.42. The summed E-state index contributed by atoms with van der Waals surface area (Å²) in [5, 5.41) is 6.82. The second kappa shape index (κ2) is 11.2. The molecule has 1 aromatic carbocycles. The fraction of sp³-hybridized carbons (Fsp3) is 0.536. The monoisotopic (exact) mass is 597 g/mol. The van der Waals surface area contributed by atoms with Crippen molar-refractivity contribution in [2.24, 2.45) is 0 Å². The zero-order chi connectivity index (χ0) is 28.0. The number of rotatable bonds is 6. The Morgan fingerprint density at radius 3 is 2.59 bits per heavy atom. The van der Waals surface area contributed by atoms with Crippen molar-refractivity contribution in [2.45, 2.75) is 32.0 Å². The summed E-state index contributed by atoms with van der Waals surface area (Å²) in [6, 6.07) is 8.45. The molecule has 13 heteroatoms. The number of anilines is 1. The standard InChI is InChI=1S/C28H35N7O4S2/c1-41(36,37)34-10-8-32(9-11-34)19-20-17-22-27(33-12-15-38-16-13-33)30-26(31-28(22)40-20)21-5-4-6-24-23(21)18-29-35(24)25-7-2-3-14-39-25/h4-6,17-18,25H,2-3,7-16,19H2,1H3. The Hall–Kier alpha value is -2.68. The predicted octanol–water partition coefficient (Wildman–Crippen LogP) is 3.32. The van der Waals surface area contributed by atoms with Gasteiger partial charge in [0.15, 0.2) is 12.1 Å². The van der Waals surface area contributed by atoms with Crippen LogP contribution < -0.4 is 4.90 Å². The highest BCUT2D eigenvalue weighted by molar-refractivity contribution is 7.88. The molecular formula is C28H35N7O4S2. The molecule has 6 heterocycles. The Morgan fingerprint density at radius 2 is 1.83 bits per heavy atom. The maximum atomic E-state index is 11.9. The van der Waals surface area contributed by atoms with E-state index >= 15 is 0 Å². The zero-order valence-electron chi connectivity index (χ0n) is 23.2. The molecule has 3 saturated heterocycles. The minimum Gasteiger partial charge on any atom is -0.378 e. The molecule has 0 amide bonds. The fourth-order valence-electron chi connectivity index (χ4n) is 6.02. The molecule has 0 radical (unpaired) electrons. The summed E-state index contributed by atoms with van der Waals surface area (Å²) < 4.78 is 39.1. The maximum absolute atomic E-state index is 11.9. The van der Waals surface area contributed by atoms with Crippen LogP contribution in [0.3, 0.4) is 0 Å². The SMILES string of the molecule is CS(=O)(=O)N1CCN(Cc2cc3c(N4CCOCC4)nc(-c4cccc5c4cnn5C4CCCCO4)nc3s2)CC1. The summed E-state index contributed by atoms with van der Waals surface area (Å²) in [7, 11) is -3.15. The molecule has 0 N–H and O–H groups in total. The summed E-state index contributed by atoms with van der Waals surface area (Å²) in [6.07, 6.45) is 6.36. The lowest BCUT2D eigenvalue weighted by molar-refractivity contribution is -0.0366. The summed E-state index contributed by atoms with van der Waals surface area (Å²) in [6.45, 7) is 6.92. The Morgan fingerprint density at radius 1 is 1.00 bits per heavy atom. The van der Waals surface area contributed by atoms with E-state index in [9.17, 15) is 8.42 Å². The number of hydrogen-bond acceptors (Lipinski definition) is 10. The van der Waals surface area contributed by atoms with E-state index in [0.29, 0.717) is 45.2 Å². The van der Waals surface area contributed by atoms with E-state index in [2.05, 4.69) is 34.1 Å². The van der Waals surface area contributed by atoms with E-state index in [1.807, 2.05) is 10.9 Å². The van der Waals surface area contributed by atoms with Gasteiger partial charge in [0.25, 0.3) is 0 Å². The molecule has 3 aliphatic rings. The van der Waals surface area contributed by atoms with Crippen LogP contribution in [0.1, 0.15) is 30.4 Å². The molecule has 0 spiro atoms. The van der Waals surface area contributed by atoms with Crippen molar-refractivity contribution in [1.29, 1.82) is 0 Å². The van der Waals surface area contributed by atoms with Crippen LogP contribution in [0.15, 0.2) is 30.5 Å². The van der Waals surface area contributed by atoms with E-state index in [0.717, 1.165) is 78.0 Å². The number of ether oxygens (including phenoxy) is 2. The molecule has 3 aromatic heterocycles. The van der Waals surface area contributed by atoms with Gasteiger partial charge in [0, 0.05) is 68.2 Å². The summed E-state index contributed by atoms with van der Waals surface area (Å²) in [4.78, 5) is 17.1. The van der Waals surface area contributed by atoms with Crippen LogP contribution >= 0.6 is 11.3 Å². The third kappa shape index (κ3) is 5.46. The first kappa shape index (κ1) is 27.2. The van der Waals surface area contributed by atoms with Crippen LogP contribution in [-0.2, 0) is 26.0 Å². The lowest BCUT2D eigenvalue weighted by Gasteiger charge is -2.32. The normalized spacial score (nSPS) is 21.7. The van der Waals surface area contributed by atoms with Crippen molar-refractivity contribution >= 4 is 48.3 Å². The molecule has 3 aliphatic heterocycles. The average molecular weight is 598 g/mol. The predicted molar refractivity (Wildman–Crippen MR) is 160 cm³/mol. The number of thiophene rings is 1. The first-order valence-corrected chi connectivity index (χ1v) is 17.0. The number of benzene rings is 1. The number of sulfonamides is 1. The summed E-state index contributed by atoms with van der Waals surface area (Å²) >= 11 is 1.69. The minimum atomic E-state index is -3.15. The molecule has 0 aliphatic carbocycles. The molecule has 11 nitrogen and oxygen atoms in total. The number of morpholine rings is 1. The first-order chi connectivity index (χ1) is 19.9. The molecular weight excluding hydrogens is 562 g/mol. The molecule has 1 unspecified atom stereocenters. The third-order valence-electron chi connectivity index (χ3n) is 8.22. The number of hydrogen-bond donors (Lipinski definition) is 0. The van der Waals surface area contributed by atoms with Crippen molar-refractivity contribution in [1.82, 2.24) is 29.0 Å². The number of fused-ring (bicyclic) bond motifs is 2. The topological polar surface area (TPSA) is 106 Å². The molecule has 41 heavy (non-hydrogen) atoms. The van der Waals surface area contributed by atoms with Gasteiger partial charge in [-0.2, -0.15) is 9.40 Å². The van der Waals surface area contributed by atoms with Crippen LogP contribution in [-0.4, -0.2) is 103 Å². The van der Waals surface area contributed by atoms with Crippen molar-refractivity contribution < 1.29 is 17.9 Å². The quantitative estimate of drug-likeness (QED) is 0.331. The molecule has 3 fully saturated rings. The fourth-order valence-corrected chi connectivity index (χ4v) is 7.91. The Labute approximate surface area is 243 Å². The van der Waals surface area contributed by atoms with E-state index in [1.54, 1.807) is 15.6 Å². The van der Waals surface area contributed by atoms with Crippen LogP contribution in [0.25, 0.3) is 32.5 Å². The smallest absolute Gasteiger partial charge is 0.211 e. The zero-order valence-corrected chi connectivity index (χ0v) is 24.9. The molecule has 1 atom stereocenters. The molecule has 0 saturated carbocycles. The molecule has 4 aromatic rings. The van der Waals surface area contributed by atoms with Gasteiger partial charge in [-0.05, 0) is 31.4 Å². The number of aromatic nitrogens is 4. The second-order valence-corrected chi connectivity index (χ2v) is 14.1. The van der Waals surface area contributed by atoms with E-state index in [4.69, 9.17) is 24.5 Å². The van der Waals surface area contributed by atoms with Gasteiger partial charge in [0.1, 0.15) is 10.6 Å². The first-order valence-electron chi connectivity index (χ1n) is 14.3. The summed E-state index contributed by atoms with van der Waals surface area (Å²) in [5.74, 6) is 1.64. The van der Waals surface area contributed by atoms with Crippen LogP contribution in [0.2, 0.25) is 0 Å². The average Bonchev–Trinajstić information content (AvgIpc) is 3.61. The largest absolute Gasteiger partial charge is 0.378 e. The summed E-state index contributed by atoms with van der Waals surface area (Å²) in [5.41, 5.74) is 2.00. The van der Waals surface area contributed by atoms with Crippen LogP contribution in [0.5, 0.6) is 0 Å². The Balaban J connectivity index is 1.24. The van der Waals surface area contributed by atoms with Gasteiger partial charge in [0.2, 0.25) is 10.0 Å². The van der Waals surface area contributed by atoms with E-state index < -0.39 is 10.0 Å². The van der Waals surface area contributed by atoms with Gasteiger partial charge in [-0.25, -0.2) is 23.1 Å². The van der Waals surface area contributed by atoms with Crippen LogP contribution in [0, 0.1) is 0 Å². The van der Waals surface area contributed by atoms with Crippen molar-refractivity contribution in [3.63, 3.8) is 0 Å². The molecule has 0 bridgehead atoms. The maximum Gasteiger partial charge on any atom is 0.211 e. The molecule has 7 rings (SSSR count). The van der Waals surface area contributed by atoms with E-state index in [1.165, 1.54) is 11.1 Å². The van der Waals surface area contributed by atoms with Crippen molar-refractivity contribution in [3.8, 4) is 11.4 Å². The van der Waals surface area contributed by atoms with Gasteiger partial charge < -0.3 is 14.4 Å². The highest BCUT2D eigenvalue weighted by atomic mass is 32.2. The number of nitrogens with zero attached hydrogens (tertiary/aromatic N) is 7. The lowest BCUT2D eigenvalue weighted by atomic mass is 10.1. The van der Waals surface area contributed by atoms with Gasteiger partial charge in [-0.15, -0.1) is 11.3 Å². The minimum absolute atomic E-state index is 0.0389. The Bertz CT molecular complexity index is 1650. The van der Waals surface area contributed by atoms with Gasteiger partial charge >= 0.3 is 0 Å². The van der Waals surface area contributed by atoms with E-state index in [-0.39, 0.29) is 6.23 Å². The van der Waals surface area contributed by atoms with Gasteiger partial charge in [-0.3, -0.25) is 4.90 Å². The highest BCUT2D eigenvalue weighted by Gasteiger charge is 2.26.